The van der Waals surface area contributed by atoms with Crippen LogP contribution in [0.25, 0.3) is 11.0 Å². The summed E-state index contributed by atoms with van der Waals surface area (Å²) in [5.41, 5.74) is 2.26. The highest BCUT2D eigenvalue weighted by atomic mass is 32.2. The molecule has 3 aromatic rings. The monoisotopic (exact) mass is 499 g/mol. The predicted octanol–water partition coefficient (Wildman–Crippen LogP) is 5.20. The molecule has 1 N–H and O–H groups in total. The van der Waals surface area contributed by atoms with E-state index in [2.05, 4.69) is 11.6 Å². The Bertz CT molecular complexity index is 1340. The van der Waals surface area contributed by atoms with Gasteiger partial charge in [0.1, 0.15) is 17.4 Å². The van der Waals surface area contributed by atoms with Gasteiger partial charge in [-0.2, -0.15) is 4.72 Å². The lowest BCUT2D eigenvalue weighted by atomic mass is 10.0. The zero-order valence-corrected chi connectivity index (χ0v) is 21.5. The number of hydrogen-bond acceptors (Lipinski definition) is 6. The third kappa shape index (κ3) is 6.58. The van der Waals surface area contributed by atoms with Gasteiger partial charge in [0.05, 0.1) is 4.90 Å². The summed E-state index contributed by atoms with van der Waals surface area (Å²) < 4.78 is 39.4. The first kappa shape index (κ1) is 26.6. The standard InChI is InChI=1S/C27H33NO6S/c1-5-7-9-20-17-25(29)34-26-19(4)24(16-15-22(20)26)33-27(30)23(10-8-6-2)28-35(31,32)21-13-11-18(3)12-14-21/h11-17,23,28H,5-10H2,1-4H3/t23-/m1/s1. The minimum absolute atomic E-state index is 0.0840. The second kappa shape index (κ2) is 11.6. The van der Waals surface area contributed by atoms with E-state index in [1.807, 2.05) is 13.8 Å². The molecular weight excluding hydrogens is 466 g/mol. The highest BCUT2D eigenvalue weighted by Gasteiger charge is 2.28. The van der Waals surface area contributed by atoms with E-state index in [0.29, 0.717) is 24.0 Å². The van der Waals surface area contributed by atoms with Crippen LogP contribution in [0.1, 0.15) is 62.6 Å². The van der Waals surface area contributed by atoms with E-state index in [1.165, 1.54) is 18.2 Å². The van der Waals surface area contributed by atoms with Gasteiger partial charge in [-0.25, -0.2) is 18.0 Å². The van der Waals surface area contributed by atoms with Crippen molar-refractivity contribution in [1.29, 1.82) is 0 Å². The van der Waals surface area contributed by atoms with Gasteiger partial charge in [0.15, 0.2) is 0 Å². The lowest BCUT2D eigenvalue weighted by molar-refractivity contribution is -0.136. The Labute approximate surface area is 206 Å². The van der Waals surface area contributed by atoms with Crippen molar-refractivity contribution >= 4 is 27.0 Å². The van der Waals surface area contributed by atoms with Gasteiger partial charge in [0, 0.05) is 17.0 Å². The average molecular weight is 500 g/mol. The number of sulfonamides is 1. The zero-order valence-electron chi connectivity index (χ0n) is 20.7. The van der Waals surface area contributed by atoms with Crippen molar-refractivity contribution < 1.29 is 22.4 Å². The van der Waals surface area contributed by atoms with E-state index < -0.39 is 27.7 Å². The molecule has 0 amide bonds. The number of esters is 1. The summed E-state index contributed by atoms with van der Waals surface area (Å²) in [6.45, 7) is 7.63. The zero-order chi connectivity index (χ0) is 25.6. The van der Waals surface area contributed by atoms with Gasteiger partial charge >= 0.3 is 11.6 Å². The molecule has 0 saturated heterocycles. The summed E-state index contributed by atoms with van der Waals surface area (Å²) in [5, 5.41) is 0.804. The predicted molar refractivity (Wildman–Crippen MR) is 136 cm³/mol. The topological polar surface area (TPSA) is 103 Å². The molecule has 0 unspecified atom stereocenters. The fourth-order valence-corrected chi connectivity index (χ4v) is 5.10. The molecule has 188 valence electrons. The van der Waals surface area contributed by atoms with Gasteiger partial charge in [-0.05, 0) is 62.9 Å². The largest absolute Gasteiger partial charge is 0.425 e. The first-order valence-electron chi connectivity index (χ1n) is 12.0. The maximum absolute atomic E-state index is 13.1. The number of carbonyl (C=O) groups excluding carboxylic acids is 1. The Balaban J connectivity index is 1.89. The van der Waals surface area contributed by atoms with Crippen LogP contribution >= 0.6 is 0 Å². The number of aryl methyl sites for hydroxylation is 3. The molecule has 0 aliphatic rings. The molecule has 0 fully saturated rings. The third-order valence-electron chi connectivity index (χ3n) is 5.97. The number of carbonyl (C=O) groups is 1. The van der Waals surface area contributed by atoms with Crippen LogP contribution in [0.15, 0.2) is 56.6 Å². The number of unbranched alkanes of at least 4 members (excludes halogenated alkanes) is 2. The Kier molecular flexibility index (Phi) is 8.86. The minimum atomic E-state index is -3.92. The van der Waals surface area contributed by atoms with Crippen molar-refractivity contribution in [2.45, 2.75) is 77.2 Å². The first-order valence-corrected chi connectivity index (χ1v) is 13.5. The van der Waals surface area contributed by atoms with Crippen LogP contribution in [0.3, 0.4) is 0 Å². The number of rotatable bonds is 11. The van der Waals surface area contributed by atoms with Crippen LogP contribution < -0.4 is 15.1 Å². The normalized spacial score (nSPS) is 12.6. The van der Waals surface area contributed by atoms with Crippen LogP contribution in [0.2, 0.25) is 0 Å². The second-order valence-corrected chi connectivity index (χ2v) is 10.5. The summed E-state index contributed by atoms with van der Waals surface area (Å²) >= 11 is 0. The molecule has 35 heavy (non-hydrogen) atoms. The Morgan fingerprint density at radius 2 is 1.71 bits per heavy atom. The summed E-state index contributed by atoms with van der Waals surface area (Å²) in [6, 6.07) is 10.3. The minimum Gasteiger partial charge on any atom is -0.425 e. The van der Waals surface area contributed by atoms with Crippen LogP contribution in [0, 0.1) is 13.8 Å². The van der Waals surface area contributed by atoms with E-state index in [-0.39, 0.29) is 10.6 Å². The van der Waals surface area contributed by atoms with E-state index in [1.54, 1.807) is 31.2 Å². The number of ether oxygens (including phenoxy) is 1. The van der Waals surface area contributed by atoms with Crippen molar-refractivity contribution in [1.82, 2.24) is 4.72 Å². The van der Waals surface area contributed by atoms with Crippen molar-refractivity contribution in [2.24, 2.45) is 0 Å². The molecule has 0 radical (unpaired) electrons. The lowest BCUT2D eigenvalue weighted by Crippen LogP contribution is -2.43. The van der Waals surface area contributed by atoms with Crippen molar-refractivity contribution in [3.63, 3.8) is 0 Å². The highest BCUT2D eigenvalue weighted by molar-refractivity contribution is 7.89. The van der Waals surface area contributed by atoms with E-state index in [0.717, 1.165) is 42.2 Å². The van der Waals surface area contributed by atoms with Crippen molar-refractivity contribution in [3.8, 4) is 5.75 Å². The van der Waals surface area contributed by atoms with Crippen LogP contribution in [0.5, 0.6) is 5.75 Å². The molecule has 0 bridgehead atoms. The van der Waals surface area contributed by atoms with Crippen LogP contribution in [0.4, 0.5) is 0 Å². The van der Waals surface area contributed by atoms with Crippen LogP contribution in [-0.4, -0.2) is 20.4 Å². The Morgan fingerprint density at radius 3 is 2.37 bits per heavy atom. The molecule has 1 atom stereocenters. The molecule has 1 aromatic heterocycles. The van der Waals surface area contributed by atoms with Gasteiger partial charge in [0.25, 0.3) is 0 Å². The third-order valence-corrected chi connectivity index (χ3v) is 7.45. The highest BCUT2D eigenvalue weighted by Crippen LogP contribution is 2.29. The van der Waals surface area contributed by atoms with Gasteiger partial charge < -0.3 is 9.15 Å². The molecule has 0 spiro atoms. The SMILES string of the molecule is CCCCc1cc(=O)oc2c(C)c(OC(=O)[C@@H](CCCC)NS(=O)(=O)c3ccc(C)cc3)ccc12. The summed E-state index contributed by atoms with van der Waals surface area (Å²) in [6.07, 6.45) is 4.41. The average Bonchev–Trinajstić information content (AvgIpc) is 2.82. The van der Waals surface area contributed by atoms with Gasteiger partial charge in [-0.1, -0.05) is 50.8 Å². The molecule has 0 saturated carbocycles. The molecular formula is C27H33NO6S. The van der Waals surface area contributed by atoms with Gasteiger partial charge in [-0.3, -0.25) is 0 Å². The van der Waals surface area contributed by atoms with Crippen molar-refractivity contribution in [2.75, 3.05) is 0 Å². The van der Waals surface area contributed by atoms with Gasteiger partial charge in [-0.15, -0.1) is 0 Å². The summed E-state index contributed by atoms with van der Waals surface area (Å²) in [7, 11) is -3.92. The van der Waals surface area contributed by atoms with Gasteiger partial charge in [0.2, 0.25) is 10.0 Å². The molecule has 0 aliphatic heterocycles. The van der Waals surface area contributed by atoms with E-state index in [4.69, 9.17) is 9.15 Å². The Morgan fingerprint density at radius 1 is 1.03 bits per heavy atom. The number of fused-ring (bicyclic) bond motifs is 1. The molecule has 7 nitrogen and oxygen atoms in total. The van der Waals surface area contributed by atoms with E-state index >= 15 is 0 Å². The lowest BCUT2D eigenvalue weighted by Gasteiger charge is -2.18. The first-order chi connectivity index (χ1) is 16.7. The smallest absolute Gasteiger partial charge is 0.336 e. The quantitative estimate of drug-likeness (QED) is 0.221. The maximum Gasteiger partial charge on any atom is 0.336 e. The summed E-state index contributed by atoms with van der Waals surface area (Å²) in [5.74, 6) is -0.476. The van der Waals surface area contributed by atoms with Crippen LogP contribution in [-0.2, 0) is 21.2 Å². The fourth-order valence-electron chi connectivity index (χ4n) is 3.88. The maximum atomic E-state index is 13.1. The molecule has 8 heteroatoms. The molecule has 2 aromatic carbocycles. The molecule has 3 rings (SSSR count). The Hall–Kier alpha value is -2.97. The summed E-state index contributed by atoms with van der Waals surface area (Å²) in [4.78, 5) is 25.3. The molecule has 0 aliphatic carbocycles. The molecule has 1 heterocycles. The number of hydrogen-bond donors (Lipinski definition) is 1. The fraction of sp³-hybridized carbons (Fsp3) is 0.407. The number of benzene rings is 2. The second-order valence-electron chi connectivity index (χ2n) is 8.81. The van der Waals surface area contributed by atoms with Crippen molar-refractivity contribution in [3.05, 3.63) is 69.6 Å². The number of nitrogens with one attached hydrogen (secondary N) is 1. The van der Waals surface area contributed by atoms with E-state index in [9.17, 15) is 18.0 Å².